The number of nitrogens with zero attached hydrogens (tertiary/aromatic N) is 1. The first-order valence-corrected chi connectivity index (χ1v) is 7.30. The summed E-state index contributed by atoms with van der Waals surface area (Å²) in [6.45, 7) is 6.26. The van der Waals surface area contributed by atoms with Gasteiger partial charge in [-0.3, -0.25) is 4.79 Å². The summed E-state index contributed by atoms with van der Waals surface area (Å²) in [5.74, 6) is 0.711. The first kappa shape index (κ1) is 14.8. The van der Waals surface area contributed by atoms with Gasteiger partial charge in [0.05, 0.1) is 12.6 Å². The van der Waals surface area contributed by atoms with Crippen LogP contribution < -0.4 is 10.6 Å². The molecule has 1 amide bonds. The van der Waals surface area contributed by atoms with E-state index < -0.39 is 0 Å². The molecule has 0 aromatic carbocycles. The molecule has 2 N–H and O–H groups in total. The number of pyridine rings is 1. The van der Waals surface area contributed by atoms with E-state index in [0.717, 1.165) is 43.9 Å². The molecule has 1 unspecified atom stereocenters. The van der Waals surface area contributed by atoms with E-state index in [4.69, 9.17) is 4.74 Å². The standard InChI is InChI=1S/C15H23N3O2/c1-3-6-16-14-9-12(8-11(2)17-14)15(19)18-13-5-4-7-20-10-13/h8-9,13H,3-7,10H2,1-2H3,(H,16,17)(H,18,19). The molecule has 1 aliphatic heterocycles. The van der Waals surface area contributed by atoms with E-state index in [1.165, 1.54) is 0 Å². The molecule has 0 aliphatic carbocycles. The number of carbonyl (C=O) groups excluding carboxylic acids is 1. The Morgan fingerprint density at radius 3 is 3.05 bits per heavy atom. The van der Waals surface area contributed by atoms with Crippen LogP contribution in [-0.2, 0) is 4.74 Å². The first-order valence-electron chi connectivity index (χ1n) is 7.30. The molecular weight excluding hydrogens is 254 g/mol. The average molecular weight is 277 g/mol. The number of aryl methyl sites for hydroxylation is 1. The fourth-order valence-electron chi connectivity index (χ4n) is 2.27. The van der Waals surface area contributed by atoms with Crippen LogP contribution in [0.5, 0.6) is 0 Å². The topological polar surface area (TPSA) is 63.2 Å². The molecule has 2 rings (SSSR count). The van der Waals surface area contributed by atoms with Crippen molar-refractivity contribution in [1.82, 2.24) is 10.3 Å². The van der Waals surface area contributed by atoms with Crippen LogP contribution in [0.1, 0.15) is 42.2 Å². The van der Waals surface area contributed by atoms with Gasteiger partial charge in [-0.2, -0.15) is 0 Å². The Bertz CT molecular complexity index is 456. The molecule has 1 fully saturated rings. The molecule has 1 atom stereocenters. The van der Waals surface area contributed by atoms with Crippen molar-refractivity contribution in [3.05, 3.63) is 23.4 Å². The van der Waals surface area contributed by atoms with Gasteiger partial charge < -0.3 is 15.4 Å². The lowest BCUT2D eigenvalue weighted by Gasteiger charge is -2.23. The zero-order valence-electron chi connectivity index (χ0n) is 12.2. The van der Waals surface area contributed by atoms with E-state index in [1.54, 1.807) is 0 Å². The lowest BCUT2D eigenvalue weighted by atomic mass is 10.1. The van der Waals surface area contributed by atoms with Crippen LogP contribution in [-0.4, -0.2) is 36.7 Å². The normalized spacial score (nSPS) is 18.6. The van der Waals surface area contributed by atoms with Crippen LogP contribution in [0.3, 0.4) is 0 Å². The molecule has 5 heteroatoms. The summed E-state index contributed by atoms with van der Waals surface area (Å²) >= 11 is 0. The van der Waals surface area contributed by atoms with Gasteiger partial charge in [0.15, 0.2) is 0 Å². The van der Waals surface area contributed by atoms with Crippen molar-refractivity contribution >= 4 is 11.7 Å². The van der Waals surface area contributed by atoms with Gasteiger partial charge in [0.1, 0.15) is 5.82 Å². The van der Waals surface area contributed by atoms with E-state index in [9.17, 15) is 4.79 Å². The van der Waals surface area contributed by atoms with Gasteiger partial charge in [-0.25, -0.2) is 4.98 Å². The zero-order chi connectivity index (χ0) is 14.4. The third kappa shape index (κ3) is 4.20. The van der Waals surface area contributed by atoms with Gasteiger partial charge in [0, 0.05) is 24.4 Å². The van der Waals surface area contributed by atoms with Gasteiger partial charge in [-0.15, -0.1) is 0 Å². The fraction of sp³-hybridized carbons (Fsp3) is 0.600. The molecule has 110 valence electrons. The molecule has 20 heavy (non-hydrogen) atoms. The lowest BCUT2D eigenvalue weighted by molar-refractivity contribution is 0.0624. The second-order valence-electron chi connectivity index (χ2n) is 5.20. The van der Waals surface area contributed by atoms with Crippen molar-refractivity contribution in [3.8, 4) is 0 Å². The van der Waals surface area contributed by atoms with E-state index in [-0.39, 0.29) is 11.9 Å². The second kappa shape index (κ2) is 7.24. The maximum absolute atomic E-state index is 12.3. The minimum Gasteiger partial charge on any atom is -0.379 e. The Morgan fingerprint density at radius 1 is 1.50 bits per heavy atom. The zero-order valence-corrected chi connectivity index (χ0v) is 12.2. The summed E-state index contributed by atoms with van der Waals surface area (Å²) in [5.41, 5.74) is 1.50. The molecule has 0 spiro atoms. The summed E-state index contributed by atoms with van der Waals surface area (Å²) in [6.07, 6.45) is 3.01. The maximum atomic E-state index is 12.3. The predicted molar refractivity (Wildman–Crippen MR) is 79.1 cm³/mol. The molecule has 0 saturated carbocycles. The highest BCUT2D eigenvalue weighted by Crippen LogP contribution is 2.12. The number of aromatic nitrogens is 1. The molecule has 5 nitrogen and oxygen atoms in total. The summed E-state index contributed by atoms with van der Waals surface area (Å²) in [7, 11) is 0. The van der Waals surface area contributed by atoms with Crippen molar-refractivity contribution in [2.24, 2.45) is 0 Å². The maximum Gasteiger partial charge on any atom is 0.251 e. The number of carbonyl (C=O) groups is 1. The summed E-state index contributed by atoms with van der Waals surface area (Å²) in [4.78, 5) is 16.7. The Hall–Kier alpha value is -1.62. The Kier molecular flexibility index (Phi) is 5.35. The largest absolute Gasteiger partial charge is 0.379 e. The number of hydrogen-bond acceptors (Lipinski definition) is 4. The SMILES string of the molecule is CCCNc1cc(C(=O)NC2CCCOC2)cc(C)n1. The highest BCUT2D eigenvalue weighted by atomic mass is 16.5. The summed E-state index contributed by atoms with van der Waals surface area (Å²) < 4.78 is 5.38. The molecule has 1 saturated heterocycles. The van der Waals surface area contributed by atoms with Gasteiger partial charge in [0.25, 0.3) is 5.91 Å². The van der Waals surface area contributed by atoms with Crippen molar-refractivity contribution in [3.63, 3.8) is 0 Å². The van der Waals surface area contributed by atoms with E-state index in [2.05, 4.69) is 22.5 Å². The van der Waals surface area contributed by atoms with E-state index in [1.807, 2.05) is 19.1 Å². The van der Waals surface area contributed by atoms with Gasteiger partial charge in [-0.1, -0.05) is 6.92 Å². The van der Waals surface area contributed by atoms with E-state index in [0.29, 0.717) is 12.2 Å². The van der Waals surface area contributed by atoms with Gasteiger partial charge in [0.2, 0.25) is 0 Å². The number of anilines is 1. The molecule has 1 aliphatic rings. The second-order valence-corrected chi connectivity index (χ2v) is 5.20. The number of hydrogen-bond donors (Lipinski definition) is 2. The van der Waals surface area contributed by atoms with Crippen molar-refractivity contribution < 1.29 is 9.53 Å². The van der Waals surface area contributed by atoms with Crippen LogP contribution in [0.15, 0.2) is 12.1 Å². The highest BCUT2D eigenvalue weighted by Gasteiger charge is 2.17. The van der Waals surface area contributed by atoms with Crippen LogP contribution >= 0.6 is 0 Å². The quantitative estimate of drug-likeness (QED) is 0.865. The Balaban J connectivity index is 2.02. The number of nitrogens with one attached hydrogen (secondary N) is 2. The molecule has 1 aromatic rings. The average Bonchev–Trinajstić information content (AvgIpc) is 2.45. The van der Waals surface area contributed by atoms with Crippen LogP contribution in [0.25, 0.3) is 0 Å². The first-order chi connectivity index (χ1) is 9.69. The predicted octanol–water partition coefficient (Wildman–Crippen LogP) is 2.12. The summed E-state index contributed by atoms with van der Waals surface area (Å²) in [5, 5.41) is 6.24. The fourth-order valence-corrected chi connectivity index (χ4v) is 2.27. The third-order valence-electron chi connectivity index (χ3n) is 3.27. The van der Waals surface area contributed by atoms with Crippen molar-refractivity contribution in [2.75, 3.05) is 25.1 Å². The number of amides is 1. The molecule has 0 radical (unpaired) electrons. The monoisotopic (exact) mass is 277 g/mol. The molecule has 0 bridgehead atoms. The van der Waals surface area contributed by atoms with Crippen LogP contribution in [0.4, 0.5) is 5.82 Å². The molecule has 2 heterocycles. The van der Waals surface area contributed by atoms with Crippen LogP contribution in [0.2, 0.25) is 0 Å². The number of ether oxygens (including phenoxy) is 1. The highest BCUT2D eigenvalue weighted by molar-refractivity contribution is 5.95. The van der Waals surface area contributed by atoms with Gasteiger partial charge >= 0.3 is 0 Å². The van der Waals surface area contributed by atoms with Crippen LogP contribution in [0, 0.1) is 6.92 Å². The minimum atomic E-state index is -0.0504. The smallest absolute Gasteiger partial charge is 0.251 e. The minimum absolute atomic E-state index is 0.0504. The lowest BCUT2D eigenvalue weighted by Crippen LogP contribution is -2.40. The molecular formula is C15H23N3O2. The summed E-state index contributed by atoms with van der Waals surface area (Å²) in [6, 6.07) is 3.74. The van der Waals surface area contributed by atoms with Gasteiger partial charge in [-0.05, 0) is 38.3 Å². The molecule has 1 aromatic heterocycles. The Morgan fingerprint density at radius 2 is 2.35 bits per heavy atom. The third-order valence-corrected chi connectivity index (χ3v) is 3.27. The van der Waals surface area contributed by atoms with E-state index >= 15 is 0 Å². The van der Waals surface area contributed by atoms with Crippen molar-refractivity contribution in [1.29, 1.82) is 0 Å². The Labute approximate surface area is 120 Å². The van der Waals surface area contributed by atoms with Crippen molar-refractivity contribution in [2.45, 2.75) is 39.2 Å². The number of rotatable bonds is 5.